The largest absolute Gasteiger partial charge is 0.316 e. The molecule has 0 unspecified atom stereocenters. The van der Waals surface area contributed by atoms with Crippen LogP contribution in [-0.2, 0) is 0 Å². The van der Waals surface area contributed by atoms with Gasteiger partial charge in [-0.15, -0.1) is 11.6 Å². The minimum atomic E-state index is 0.460. The summed E-state index contributed by atoms with van der Waals surface area (Å²) in [7, 11) is 0. The summed E-state index contributed by atoms with van der Waals surface area (Å²) in [6.07, 6.45) is 7.76. The van der Waals surface area contributed by atoms with Crippen LogP contribution in [0.5, 0.6) is 0 Å². The minimum Gasteiger partial charge on any atom is -0.316 e. The van der Waals surface area contributed by atoms with Crippen molar-refractivity contribution < 1.29 is 0 Å². The topological polar surface area (TPSA) is 12.0 Å². The Morgan fingerprint density at radius 3 is 2.47 bits per heavy atom. The Labute approximate surface area is 100.0 Å². The van der Waals surface area contributed by atoms with Crippen LogP contribution in [-0.4, -0.2) is 18.5 Å². The molecule has 1 aliphatic carbocycles. The molecule has 0 bridgehead atoms. The average molecular weight is 232 g/mol. The predicted molar refractivity (Wildman–Crippen MR) is 68.5 cm³/mol. The third-order valence-electron chi connectivity index (χ3n) is 3.34. The molecule has 0 atom stereocenters. The molecule has 0 radical (unpaired) electrons. The van der Waals surface area contributed by atoms with E-state index in [-0.39, 0.29) is 0 Å². The first-order valence-electron chi connectivity index (χ1n) is 6.53. The maximum absolute atomic E-state index is 6.08. The van der Waals surface area contributed by atoms with Gasteiger partial charge in [0.2, 0.25) is 0 Å². The maximum Gasteiger partial charge on any atom is 0.0336 e. The molecule has 1 nitrogen and oxygen atoms in total. The standard InChI is InChI=1S/C13H26ClN/c1-11(2)4-3-9-15-10-12-5-7-13(14)8-6-12/h11-13,15H,3-10H2,1-2H3. The number of halogens is 1. The summed E-state index contributed by atoms with van der Waals surface area (Å²) in [4.78, 5) is 0. The van der Waals surface area contributed by atoms with Crippen molar-refractivity contribution in [2.45, 2.75) is 57.7 Å². The van der Waals surface area contributed by atoms with Crippen LogP contribution in [0.3, 0.4) is 0 Å². The molecule has 0 saturated heterocycles. The van der Waals surface area contributed by atoms with Crippen molar-refractivity contribution in [2.24, 2.45) is 11.8 Å². The number of nitrogens with one attached hydrogen (secondary N) is 1. The Morgan fingerprint density at radius 1 is 1.20 bits per heavy atom. The first kappa shape index (κ1) is 13.3. The molecule has 15 heavy (non-hydrogen) atoms. The van der Waals surface area contributed by atoms with E-state index in [0.717, 1.165) is 11.8 Å². The molecule has 1 saturated carbocycles. The van der Waals surface area contributed by atoms with E-state index in [1.165, 1.54) is 51.6 Å². The normalized spacial score (nSPS) is 27.2. The molecule has 2 heteroatoms. The fraction of sp³-hybridized carbons (Fsp3) is 1.00. The second-order valence-corrected chi connectivity index (χ2v) is 5.98. The van der Waals surface area contributed by atoms with Crippen LogP contribution in [0.2, 0.25) is 0 Å². The van der Waals surface area contributed by atoms with Gasteiger partial charge in [-0.05, 0) is 63.5 Å². The zero-order chi connectivity index (χ0) is 11.1. The highest BCUT2D eigenvalue weighted by Gasteiger charge is 2.18. The Kier molecular flexibility index (Phi) is 6.67. The second kappa shape index (κ2) is 7.51. The first-order valence-corrected chi connectivity index (χ1v) is 6.97. The van der Waals surface area contributed by atoms with Crippen LogP contribution in [0.15, 0.2) is 0 Å². The van der Waals surface area contributed by atoms with Crippen molar-refractivity contribution in [3.63, 3.8) is 0 Å². The summed E-state index contributed by atoms with van der Waals surface area (Å²) in [5.74, 6) is 1.73. The molecule has 1 rings (SSSR count). The zero-order valence-corrected chi connectivity index (χ0v) is 11.0. The molecule has 1 aliphatic rings. The van der Waals surface area contributed by atoms with Gasteiger partial charge < -0.3 is 5.32 Å². The summed E-state index contributed by atoms with van der Waals surface area (Å²) in [6, 6.07) is 0. The molecule has 0 aromatic heterocycles. The second-order valence-electron chi connectivity index (χ2n) is 5.36. The van der Waals surface area contributed by atoms with Crippen LogP contribution >= 0.6 is 11.6 Å². The summed E-state index contributed by atoms with van der Waals surface area (Å²) in [5, 5.41) is 4.04. The summed E-state index contributed by atoms with van der Waals surface area (Å²) in [6.45, 7) is 6.99. The van der Waals surface area contributed by atoms with Gasteiger partial charge in [0.1, 0.15) is 0 Å². The van der Waals surface area contributed by atoms with E-state index in [1.807, 2.05) is 0 Å². The summed E-state index contributed by atoms with van der Waals surface area (Å²) < 4.78 is 0. The average Bonchev–Trinajstić information content (AvgIpc) is 2.20. The van der Waals surface area contributed by atoms with Crippen LogP contribution < -0.4 is 5.32 Å². The van der Waals surface area contributed by atoms with Gasteiger partial charge in [0.15, 0.2) is 0 Å². The fourth-order valence-electron chi connectivity index (χ4n) is 2.27. The Bertz CT molecular complexity index is 151. The van der Waals surface area contributed by atoms with E-state index < -0.39 is 0 Å². The number of hydrogen-bond acceptors (Lipinski definition) is 1. The molecule has 90 valence electrons. The monoisotopic (exact) mass is 231 g/mol. The molecule has 0 aromatic carbocycles. The number of hydrogen-bond donors (Lipinski definition) is 1. The smallest absolute Gasteiger partial charge is 0.0336 e. The zero-order valence-electron chi connectivity index (χ0n) is 10.3. The molecule has 1 N–H and O–H groups in total. The van der Waals surface area contributed by atoms with Crippen LogP contribution in [0.1, 0.15) is 52.4 Å². The van der Waals surface area contributed by atoms with Crippen molar-refractivity contribution >= 4 is 11.6 Å². The van der Waals surface area contributed by atoms with Crippen molar-refractivity contribution in [1.29, 1.82) is 0 Å². The Morgan fingerprint density at radius 2 is 1.87 bits per heavy atom. The Balaban J connectivity index is 1.91. The van der Waals surface area contributed by atoms with Crippen molar-refractivity contribution in [3.05, 3.63) is 0 Å². The lowest BCUT2D eigenvalue weighted by Gasteiger charge is -2.25. The van der Waals surface area contributed by atoms with Crippen LogP contribution in [0.25, 0.3) is 0 Å². The highest BCUT2D eigenvalue weighted by molar-refractivity contribution is 6.20. The van der Waals surface area contributed by atoms with Gasteiger partial charge in [-0.25, -0.2) is 0 Å². The van der Waals surface area contributed by atoms with Crippen molar-refractivity contribution in [2.75, 3.05) is 13.1 Å². The highest BCUT2D eigenvalue weighted by atomic mass is 35.5. The third-order valence-corrected chi connectivity index (χ3v) is 3.78. The molecule has 0 heterocycles. The highest BCUT2D eigenvalue weighted by Crippen LogP contribution is 2.26. The van der Waals surface area contributed by atoms with E-state index in [0.29, 0.717) is 5.38 Å². The Hall–Kier alpha value is 0.250. The van der Waals surface area contributed by atoms with Gasteiger partial charge >= 0.3 is 0 Å². The quantitative estimate of drug-likeness (QED) is 0.542. The molecule has 1 fully saturated rings. The summed E-state index contributed by atoms with van der Waals surface area (Å²) >= 11 is 6.08. The van der Waals surface area contributed by atoms with Gasteiger partial charge in [-0.2, -0.15) is 0 Å². The SMILES string of the molecule is CC(C)CCCNCC1CCC(Cl)CC1. The third kappa shape index (κ3) is 6.42. The van der Waals surface area contributed by atoms with E-state index >= 15 is 0 Å². The lowest BCUT2D eigenvalue weighted by atomic mass is 9.89. The van der Waals surface area contributed by atoms with E-state index in [2.05, 4.69) is 19.2 Å². The van der Waals surface area contributed by atoms with Crippen molar-refractivity contribution in [1.82, 2.24) is 5.32 Å². The maximum atomic E-state index is 6.08. The van der Waals surface area contributed by atoms with Crippen LogP contribution in [0.4, 0.5) is 0 Å². The first-order chi connectivity index (χ1) is 7.18. The molecule has 0 amide bonds. The van der Waals surface area contributed by atoms with Gasteiger partial charge in [0.25, 0.3) is 0 Å². The molecule has 0 aromatic rings. The minimum absolute atomic E-state index is 0.460. The molecular formula is C13H26ClN. The lowest BCUT2D eigenvalue weighted by molar-refractivity contribution is 0.344. The van der Waals surface area contributed by atoms with Gasteiger partial charge in [-0.3, -0.25) is 0 Å². The van der Waals surface area contributed by atoms with Gasteiger partial charge in [0, 0.05) is 5.38 Å². The van der Waals surface area contributed by atoms with Crippen molar-refractivity contribution in [3.8, 4) is 0 Å². The summed E-state index contributed by atoms with van der Waals surface area (Å²) in [5.41, 5.74) is 0. The number of alkyl halides is 1. The van der Waals surface area contributed by atoms with Gasteiger partial charge in [-0.1, -0.05) is 13.8 Å². The lowest BCUT2D eigenvalue weighted by Crippen LogP contribution is -2.27. The van der Waals surface area contributed by atoms with Gasteiger partial charge in [0.05, 0.1) is 0 Å². The van der Waals surface area contributed by atoms with Crippen LogP contribution in [0, 0.1) is 11.8 Å². The molecule has 0 aliphatic heterocycles. The molecular weight excluding hydrogens is 206 g/mol. The van der Waals surface area contributed by atoms with E-state index in [9.17, 15) is 0 Å². The molecule has 0 spiro atoms. The fourth-order valence-corrected chi connectivity index (χ4v) is 2.52. The van der Waals surface area contributed by atoms with E-state index in [4.69, 9.17) is 11.6 Å². The number of rotatable bonds is 6. The van der Waals surface area contributed by atoms with E-state index in [1.54, 1.807) is 0 Å². The predicted octanol–water partition coefficient (Wildman–Crippen LogP) is 3.81.